The first-order valence-corrected chi connectivity index (χ1v) is 11.5. The number of amides is 2. The Balaban J connectivity index is 2.21. The molecule has 170 valence electrons. The van der Waals surface area contributed by atoms with Crippen LogP contribution in [0, 0.1) is 5.82 Å². The molecule has 0 saturated carbocycles. The van der Waals surface area contributed by atoms with Gasteiger partial charge in [0.05, 0.1) is 16.7 Å². The third kappa shape index (κ3) is 5.05. The van der Waals surface area contributed by atoms with Crippen LogP contribution in [0.25, 0.3) is 22.4 Å². The number of hydrogen-bond acceptors (Lipinski definition) is 6. The molecule has 2 amide bonds. The fraction of sp³-hybridized carbons (Fsp3) is 0.286. The summed E-state index contributed by atoms with van der Waals surface area (Å²) in [5.41, 5.74) is 6.36. The average molecular weight is 463 g/mol. The first kappa shape index (κ1) is 23.2. The van der Waals surface area contributed by atoms with Crippen LogP contribution in [0.2, 0.25) is 0 Å². The normalized spacial score (nSPS) is 11.5. The van der Waals surface area contributed by atoms with E-state index in [2.05, 4.69) is 15.0 Å². The summed E-state index contributed by atoms with van der Waals surface area (Å²) in [6, 6.07) is 7.01. The Hall–Kier alpha value is -3.47. The van der Waals surface area contributed by atoms with Crippen molar-refractivity contribution < 1.29 is 26.8 Å². The molecule has 0 saturated heterocycles. The van der Waals surface area contributed by atoms with Crippen LogP contribution in [0.3, 0.4) is 0 Å². The predicted octanol–water partition coefficient (Wildman–Crippen LogP) is 2.56. The maximum atomic E-state index is 13.4. The van der Waals surface area contributed by atoms with Crippen LogP contribution < -0.4 is 15.8 Å². The molecule has 0 radical (unpaired) electrons. The lowest BCUT2D eigenvalue weighted by atomic mass is 10.0. The minimum atomic E-state index is -3.65. The fourth-order valence-electron chi connectivity index (χ4n) is 3.17. The number of carbonyl (C=O) groups is 2. The van der Waals surface area contributed by atoms with Crippen LogP contribution >= 0.6 is 0 Å². The summed E-state index contributed by atoms with van der Waals surface area (Å²) < 4.78 is 46.0. The second kappa shape index (κ2) is 9.35. The average Bonchev–Trinajstić information content (AvgIpc) is 3.11. The zero-order valence-corrected chi connectivity index (χ0v) is 18.4. The molecule has 2 aromatic heterocycles. The van der Waals surface area contributed by atoms with Gasteiger partial charge in [0.1, 0.15) is 17.4 Å². The zero-order valence-electron chi connectivity index (χ0n) is 17.6. The number of anilines is 1. The summed E-state index contributed by atoms with van der Waals surface area (Å²) in [5, 5.41) is 2.91. The van der Waals surface area contributed by atoms with Gasteiger partial charge in [-0.15, -0.1) is 0 Å². The van der Waals surface area contributed by atoms with Crippen molar-refractivity contribution in [2.45, 2.75) is 26.2 Å². The molecule has 11 heteroatoms. The van der Waals surface area contributed by atoms with E-state index in [0.29, 0.717) is 22.9 Å². The number of primary amides is 1. The van der Waals surface area contributed by atoms with Crippen molar-refractivity contribution in [3.05, 3.63) is 47.3 Å². The van der Waals surface area contributed by atoms with E-state index in [0.717, 1.165) is 0 Å². The number of rotatable bonds is 9. The van der Waals surface area contributed by atoms with Gasteiger partial charge in [0.15, 0.2) is 0 Å². The molecule has 0 atom stereocenters. The topological polar surface area (TPSA) is 144 Å². The highest BCUT2D eigenvalue weighted by Gasteiger charge is 2.25. The number of nitrogens with zero attached hydrogens (tertiary/aromatic N) is 1. The van der Waals surface area contributed by atoms with Crippen molar-refractivity contribution in [3.8, 4) is 11.3 Å². The molecular weight excluding hydrogens is 439 g/mol. The van der Waals surface area contributed by atoms with E-state index in [1.54, 1.807) is 6.07 Å². The molecule has 3 aromatic rings. The number of carbonyl (C=O) groups excluding carboxylic acids is 2. The maximum Gasteiger partial charge on any atom is 0.255 e. The van der Waals surface area contributed by atoms with E-state index in [4.69, 9.17) is 10.2 Å². The van der Waals surface area contributed by atoms with E-state index in [9.17, 15) is 22.4 Å². The van der Waals surface area contributed by atoms with Crippen LogP contribution in [0.4, 0.5) is 10.2 Å². The highest BCUT2D eigenvalue weighted by Crippen LogP contribution is 2.35. The van der Waals surface area contributed by atoms with Gasteiger partial charge in [-0.05, 0) is 55.7 Å². The molecule has 0 aliphatic rings. The van der Waals surface area contributed by atoms with Gasteiger partial charge in [0, 0.05) is 19.0 Å². The van der Waals surface area contributed by atoms with Crippen LogP contribution in [0.5, 0.6) is 0 Å². The third-order valence-corrected chi connectivity index (χ3v) is 6.09. The third-order valence-electron chi connectivity index (χ3n) is 4.82. The van der Waals surface area contributed by atoms with Crippen LogP contribution in [-0.4, -0.2) is 38.0 Å². The lowest BCUT2D eigenvalue weighted by Gasteiger charge is -2.11. The Bertz CT molecular complexity index is 1270. The molecule has 3 rings (SSSR count). The standard InChI is InChI=1S/C21H23FN4O5S/c1-3-32(29,30)26-19-13(5-4-6-16(23)27)11-15-17(20(28)24-2)18(31-21(15)25-19)12-7-9-14(22)10-8-12/h7-11H,3-6H2,1-2H3,(H2,23,27)(H,24,28)(H,25,26). The molecule has 0 fully saturated rings. The number of nitrogens with one attached hydrogen (secondary N) is 2. The molecule has 32 heavy (non-hydrogen) atoms. The van der Waals surface area contributed by atoms with E-state index in [1.165, 1.54) is 38.2 Å². The molecule has 0 unspecified atom stereocenters. The summed E-state index contributed by atoms with van der Waals surface area (Å²) in [7, 11) is -2.19. The molecular formula is C21H23FN4O5S. The van der Waals surface area contributed by atoms with E-state index in [-0.39, 0.29) is 41.4 Å². The van der Waals surface area contributed by atoms with Gasteiger partial charge in [0.2, 0.25) is 21.6 Å². The van der Waals surface area contributed by atoms with E-state index < -0.39 is 27.7 Å². The van der Waals surface area contributed by atoms with Crippen molar-refractivity contribution in [2.75, 3.05) is 17.5 Å². The Morgan fingerprint density at radius 1 is 1.22 bits per heavy atom. The van der Waals surface area contributed by atoms with Gasteiger partial charge in [-0.1, -0.05) is 0 Å². The Labute approximate surface area is 184 Å². The maximum absolute atomic E-state index is 13.4. The zero-order chi connectivity index (χ0) is 23.5. The summed E-state index contributed by atoms with van der Waals surface area (Å²) in [6.07, 6.45) is 0.756. The van der Waals surface area contributed by atoms with Gasteiger partial charge >= 0.3 is 0 Å². The van der Waals surface area contributed by atoms with Gasteiger partial charge in [-0.3, -0.25) is 14.3 Å². The van der Waals surface area contributed by atoms with Gasteiger partial charge < -0.3 is 15.5 Å². The number of nitrogens with two attached hydrogens (primary N) is 1. The fourth-order valence-corrected chi connectivity index (χ4v) is 3.79. The first-order valence-electron chi connectivity index (χ1n) is 9.88. The van der Waals surface area contributed by atoms with Gasteiger partial charge in [0.25, 0.3) is 5.91 Å². The van der Waals surface area contributed by atoms with Crippen molar-refractivity contribution >= 4 is 38.8 Å². The molecule has 0 bridgehead atoms. The van der Waals surface area contributed by atoms with Crippen molar-refractivity contribution in [1.29, 1.82) is 0 Å². The number of aryl methyl sites for hydroxylation is 1. The Kier molecular flexibility index (Phi) is 6.78. The number of furan rings is 1. The minimum Gasteiger partial charge on any atom is -0.437 e. The Morgan fingerprint density at radius 3 is 2.50 bits per heavy atom. The van der Waals surface area contributed by atoms with Gasteiger partial charge in [-0.25, -0.2) is 12.8 Å². The second-order valence-corrected chi connectivity index (χ2v) is 9.08. The number of pyridine rings is 1. The number of benzene rings is 1. The Morgan fingerprint density at radius 2 is 1.91 bits per heavy atom. The SMILES string of the molecule is CCS(=O)(=O)Nc1nc2oc(-c3ccc(F)cc3)c(C(=O)NC)c2cc1CCCC(N)=O. The number of hydrogen-bond donors (Lipinski definition) is 3. The predicted molar refractivity (Wildman–Crippen MR) is 118 cm³/mol. The van der Waals surface area contributed by atoms with Crippen LogP contribution in [0.15, 0.2) is 34.7 Å². The van der Waals surface area contributed by atoms with Crippen molar-refractivity contribution in [1.82, 2.24) is 10.3 Å². The minimum absolute atomic E-state index is 0.0374. The smallest absolute Gasteiger partial charge is 0.255 e. The molecule has 0 aliphatic heterocycles. The molecule has 0 aliphatic carbocycles. The number of sulfonamides is 1. The largest absolute Gasteiger partial charge is 0.437 e. The molecule has 1 aromatic carbocycles. The summed E-state index contributed by atoms with van der Waals surface area (Å²) in [5.74, 6) is -1.33. The van der Waals surface area contributed by atoms with Crippen LogP contribution in [0.1, 0.15) is 35.7 Å². The summed E-state index contributed by atoms with van der Waals surface area (Å²) in [6.45, 7) is 1.48. The van der Waals surface area contributed by atoms with E-state index in [1.807, 2.05) is 0 Å². The monoisotopic (exact) mass is 462 g/mol. The lowest BCUT2D eigenvalue weighted by Crippen LogP contribution is -2.19. The van der Waals surface area contributed by atoms with Gasteiger partial charge in [-0.2, -0.15) is 4.98 Å². The highest BCUT2D eigenvalue weighted by molar-refractivity contribution is 7.92. The number of fused-ring (bicyclic) bond motifs is 1. The van der Waals surface area contributed by atoms with Crippen molar-refractivity contribution in [3.63, 3.8) is 0 Å². The molecule has 0 spiro atoms. The number of halogens is 1. The number of aromatic nitrogens is 1. The summed E-state index contributed by atoms with van der Waals surface area (Å²) >= 11 is 0. The molecule has 2 heterocycles. The first-order chi connectivity index (χ1) is 15.1. The molecule has 9 nitrogen and oxygen atoms in total. The molecule has 4 N–H and O–H groups in total. The van der Waals surface area contributed by atoms with Crippen LogP contribution in [-0.2, 0) is 21.2 Å². The second-order valence-electron chi connectivity index (χ2n) is 7.07. The van der Waals surface area contributed by atoms with E-state index >= 15 is 0 Å². The lowest BCUT2D eigenvalue weighted by molar-refractivity contribution is -0.118. The van der Waals surface area contributed by atoms with Crippen molar-refractivity contribution in [2.24, 2.45) is 5.73 Å². The quantitative estimate of drug-likeness (QED) is 0.446. The summed E-state index contributed by atoms with van der Waals surface area (Å²) in [4.78, 5) is 28.1. The highest BCUT2D eigenvalue weighted by atomic mass is 32.2.